The number of carbonyl (C=O) groups is 1. The molecule has 0 saturated heterocycles. The average Bonchev–Trinajstić information content (AvgIpc) is 3.22. The number of para-hydroxylation sites is 1. The Balaban J connectivity index is 0.000000391. The number of benzene rings is 2. The average molecular weight is 421 g/mol. The van der Waals surface area contributed by atoms with Crippen LogP contribution in [0.25, 0.3) is 0 Å². The molecular formula is C22H26Cl2N2O2. The van der Waals surface area contributed by atoms with Gasteiger partial charge in [0.1, 0.15) is 0 Å². The number of anilines is 1. The standard InChI is InChI=1S/C17H16Cl2N2O2.C5H10/c1-21-8-13(11-4-2-3-5-16(11)20-17(22)23)12-6-10(18)7-15(19)14(12)9-21;1-2-4-5-3-1/h2-7,13,20H,8-9H2,1H3,(H,22,23);1-5H2. The van der Waals surface area contributed by atoms with Crippen molar-refractivity contribution in [1.29, 1.82) is 0 Å². The molecule has 0 radical (unpaired) electrons. The summed E-state index contributed by atoms with van der Waals surface area (Å²) >= 11 is 12.6. The summed E-state index contributed by atoms with van der Waals surface area (Å²) in [6.45, 7) is 1.51. The Morgan fingerprint density at radius 2 is 1.71 bits per heavy atom. The van der Waals surface area contributed by atoms with E-state index < -0.39 is 6.09 Å². The van der Waals surface area contributed by atoms with Crippen LogP contribution in [0, 0.1) is 0 Å². The van der Waals surface area contributed by atoms with E-state index in [1.54, 1.807) is 12.1 Å². The van der Waals surface area contributed by atoms with Crippen molar-refractivity contribution in [3.63, 3.8) is 0 Å². The van der Waals surface area contributed by atoms with Crippen LogP contribution in [0.5, 0.6) is 0 Å². The van der Waals surface area contributed by atoms with E-state index in [-0.39, 0.29) is 5.92 Å². The van der Waals surface area contributed by atoms with E-state index in [1.807, 2.05) is 31.3 Å². The predicted molar refractivity (Wildman–Crippen MR) is 116 cm³/mol. The monoisotopic (exact) mass is 420 g/mol. The highest BCUT2D eigenvalue weighted by molar-refractivity contribution is 6.35. The predicted octanol–water partition coefficient (Wildman–Crippen LogP) is 6.61. The lowest BCUT2D eigenvalue weighted by Gasteiger charge is -2.34. The third kappa shape index (κ3) is 5.19. The van der Waals surface area contributed by atoms with E-state index in [2.05, 4.69) is 10.2 Å². The van der Waals surface area contributed by atoms with Gasteiger partial charge in [0.15, 0.2) is 0 Å². The molecule has 1 aliphatic heterocycles. The van der Waals surface area contributed by atoms with Gasteiger partial charge in [-0.1, -0.05) is 73.5 Å². The van der Waals surface area contributed by atoms with Gasteiger partial charge < -0.3 is 10.0 Å². The Labute approximate surface area is 176 Å². The van der Waals surface area contributed by atoms with Crippen molar-refractivity contribution in [2.24, 2.45) is 0 Å². The van der Waals surface area contributed by atoms with E-state index in [1.165, 1.54) is 32.1 Å². The normalized spacial score (nSPS) is 18.8. The second kappa shape index (κ2) is 9.64. The minimum absolute atomic E-state index is 0.00278. The summed E-state index contributed by atoms with van der Waals surface area (Å²) in [5.74, 6) is 0.00278. The van der Waals surface area contributed by atoms with Gasteiger partial charge in [-0.25, -0.2) is 4.79 Å². The van der Waals surface area contributed by atoms with Crippen LogP contribution in [0.3, 0.4) is 0 Å². The first-order valence-electron chi connectivity index (χ1n) is 9.71. The Morgan fingerprint density at radius 1 is 1.07 bits per heavy atom. The van der Waals surface area contributed by atoms with Crippen molar-refractivity contribution in [3.8, 4) is 0 Å². The summed E-state index contributed by atoms with van der Waals surface area (Å²) in [5, 5.41) is 12.8. The van der Waals surface area contributed by atoms with E-state index in [0.717, 1.165) is 29.8 Å². The van der Waals surface area contributed by atoms with Gasteiger partial charge in [0, 0.05) is 34.7 Å². The zero-order chi connectivity index (χ0) is 20.1. The Bertz CT molecular complexity index is 830. The highest BCUT2D eigenvalue weighted by Crippen LogP contribution is 2.40. The third-order valence-electron chi connectivity index (χ3n) is 5.32. The highest BCUT2D eigenvalue weighted by Gasteiger charge is 2.28. The molecule has 6 heteroatoms. The molecule has 1 atom stereocenters. The van der Waals surface area contributed by atoms with Crippen molar-refractivity contribution in [1.82, 2.24) is 4.90 Å². The lowest BCUT2D eigenvalue weighted by atomic mass is 9.84. The number of amides is 1. The molecule has 28 heavy (non-hydrogen) atoms. The summed E-state index contributed by atoms with van der Waals surface area (Å²) in [6, 6.07) is 11.1. The number of carboxylic acid groups (broad SMARTS) is 1. The molecule has 0 bridgehead atoms. The van der Waals surface area contributed by atoms with Crippen LogP contribution in [0.2, 0.25) is 10.0 Å². The molecule has 1 fully saturated rings. The van der Waals surface area contributed by atoms with Crippen molar-refractivity contribution in [2.45, 2.75) is 44.6 Å². The first-order chi connectivity index (χ1) is 13.5. The van der Waals surface area contributed by atoms with Gasteiger partial charge in [0.2, 0.25) is 0 Å². The zero-order valence-corrected chi connectivity index (χ0v) is 17.6. The van der Waals surface area contributed by atoms with Gasteiger partial charge in [-0.3, -0.25) is 5.32 Å². The van der Waals surface area contributed by atoms with Gasteiger partial charge >= 0.3 is 6.09 Å². The van der Waals surface area contributed by atoms with E-state index in [0.29, 0.717) is 15.7 Å². The number of likely N-dealkylation sites (N-methyl/N-ethyl adjacent to an activating group) is 1. The fraction of sp³-hybridized carbons (Fsp3) is 0.409. The minimum atomic E-state index is -1.08. The number of fused-ring (bicyclic) bond motifs is 1. The summed E-state index contributed by atoms with van der Waals surface area (Å²) in [4.78, 5) is 13.2. The second-order valence-corrected chi connectivity index (χ2v) is 8.33. The van der Waals surface area contributed by atoms with Crippen molar-refractivity contribution >= 4 is 35.0 Å². The van der Waals surface area contributed by atoms with Crippen LogP contribution < -0.4 is 5.32 Å². The number of rotatable bonds is 2. The number of halogens is 2. The lowest BCUT2D eigenvalue weighted by Crippen LogP contribution is -2.31. The number of nitrogens with one attached hydrogen (secondary N) is 1. The Hall–Kier alpha value is -1.75. The third-order valence-corrected chi connectivity index (χ3v) is 5.88. The molecule has 1 heterocycles. The summed E-state index contributed by atoms with van der Waals surface area (Å²) in [7, 11) is 2.02. The summed E-state index contributed by atoms with van der Waals surface area (Å²) < 4.78 is 0. The summed E-state index contributed by atoms with van der Waals surface area (Å²) in [6.07, 6.45) is 6.42. The van der Waals surface area contributed by atoms with Gasteiger partial charge in [0.25, 0.3) is 0 Å². The largest absolute Gasteiger partial charge is 0.465 e. The van der Waals surface area contributed by atoms with Crippen LogP contribution in [-0.2, 0) is 6.54 Å². The maximum Gasteiger partial charge on any atom is 0.409 e. The van der Waals surface area contributed by atoms with Gasteiger partial charge in [-0.15, -0.1) is 0 Å². The smallest absolute Gasteiger partial charge is 0.409 e. The quantitative estimate of drug-likeness (QED) is 0.574. The molecule has 1 amide bonds. The fourth-order valence-electron chi connectivity index (χ4n) is 4.03. The fourth-order valence-corrected chi connectivity index (χ4v) is 4.59. The van der Waals surface area contributed by atoms with Gasteiger partial charge in [-0.05, 0) is 41.9 Å². The molecule has 150 valence electrons. The molecule has 2 N–H and O–H groups in total. The summed E-state index contributed by atoms with van der Waals surface area (Å²) in [5.41, 5.74) is 3.60. The molecule has 2 aromatic rings. The molecule has 0 spiro atoms. The van der Waals surface area contributed by atoms with Crippen molar-refractivity contribution in [2.75, 3.05) is 18.9 Å². The van der Waals surface area contributed by atoms with E-state index in [4.69, 9.17) is 28.3 Å². The zero-order valence-electron chi connectivity index (χ0n) is 16.0. The van der Waals surface area contributed by atoms with Crippen molar-refractivity contribution in [3.05, 3.63) is 63.1 Å². The van der Waals surface area contributed by atoms with E-state index >= 15 is 0 Å². The van der Waals surface area contributed by atoms with Gasteiger partial charge in [-0.2, -0.15) is 0 Å². The maximum atomic E-state index is 11.1. The van der Waals surface area contributed by atoms with Crippen LogP contribution in [0.1, 0.15) is 54.7 Å². The van der Waals surface area contributed by atoms with Crippen LogP contribution in [0.4, 0.5) is 10.5 Å². The molecular weight excluding hydrogens is 395 g/mol. The van der Waals surface area contributed by atoms with Crippen LogP contribution in [0.15, 0.2) is 36.4 Å². The van der Waals surface area contributed by atoms with Gasteiger partial charge in [0.05, 0.1) is 0 Å². The molecule has 1 saturated carbocycles. The number of nitrogens with zero attached hydrogens (tertiary/aromatic N) is 1. The van der Waals surface area contributed by atoms with Crippen LogP contribution >= 0.6 is 23.2 Å². The first-order valence-corrected chi connectivity index (χ1v) is 10.5. The number of hydrogen-bond acceptors (Lipinski definition) is 2. The molecule has 2 aromatic carbocycles. The minimum Gasteiger partial charge on any atom is -0.465 e. The molecule has 2 aliphatic rings. The van der Waals surface area contributed by atoms with Crippen molar-refractivity contribution < 1.29 is 9.90 Å². The van der Waals surface area contributed by atoms with Crippen LogP contribution in [-0.4, -0.2) is 29.7 Å². The Kier molecular flexibility index (Phi) is 7.22. The lowest BCUT2D eigenvalue weighted by molar-refractivity contribution is 0.209. The molecule has 1 aliphatic carbocycles. The highest BCUT2D eigenvalue weighted by atomic mass is 35.5. The molecule has 0 aromatic heterocycles. The maximum absolute atomic E-state index is 11.1. The SMILES string of the molecule is C1CCCC1.CN1Cc2c(Cl)cc(Cl)cc2C(c2ccccc2NC(=O)O)C1. The Morgan fingerprint density at radius 3 is 2.36 bits per heavy atom. The topological polar surface area (TPSA) is 52.6 Å². The molecule has 1 unspecified atom stereocenters. The number of hydrogen-bond donors (Lipinski definition) is 2. The van der Waals surface area contributed by atoms with E-state index in [9.17, 15) is 4.79 Å². The first kappa shape index (κ1) is 21.0. The molecule has 4 rings (SSSR count). The second-order valence-electron chi connectivity index (χ2n) is 7.49. The molecule has 4 nitrogen and oxygen atoms in total.